The Morgan fingerprint density at radius 2 is 2.16 bits per heavy atom. The minimum atomic E-state index is 0.286. The Hall–Kier alpha value is -0.580. The van der Waals surface area contributed by atoms with E-state index < -0.39 is 0 Å². The second-order valence-corrected chi connectivity index (χ2v) is 5.73. The Balaban J connectivity index is 1.90. The molecule has 4 heteroatoms. The van der Waals surface area contributed by atoms with Crippen LogP contribution in [0.5, 0.6) is 5.75 Å². The summed E-state index contributed by atoms with van der Waals surface area (Å²) in [6.07, 6.45) is 3.40. The smallest absolute Gasteiger partial charge is 0.133 e. The van der Waals surface area contributed by atoms with E-state index >= 15 is 0 Å². The van der Waals surface area contributed by atoms with Crippen LogP contribution in [0.25, 0.3) is 0 Å². The van der Waals surface area contributed by atoms with Gasteiger partial charge < -0.3 is 14.8 Å². The van der Waals surface area contributed by atoms with Gasteiger partial charge >= 0.3 is 0 Å². The standard InChI is InChI=1S/C15H22BrNO2/c1-2-7-17-11-12-3-4-15(14(16)10-12)19-13-5-8-18-9-6-13/h3-4,10,13,17H,2,5-9,11H2,1H3. The Morgan fingerprint density at radius 1 is 1.37 bits per heavy atom. The minimum absolute atomic E-state index is 0.286. The zero-order valence-electron chi connectivity index (χ0n) is 11.5. The number of hydrogen-bond donors (Lipinski definition) is 1. The average molecular weight is 328 g/mol. The molecule has 2 rings (SSSR count). The van der Waals surface area contributed by atoms with E-state index in [0.717, 1.165) is 55.8 Å². The fourth-order valence-corrected chi connectivity index (χ4v) is 2.65. The molecule has 3 nitrogen and oxygen atoms in total. The van der Waals surface area contributed by atoms with Crippen LogP contribution in [0.4, 0.5) is 0 Å². The highest BCUT2D eigenvalue weighted by molar-refractivity contribution is 9.10. The molecular weight excluding hydrogens is 306 g/mol. The van der Waals surface area contributed by atoms with Crippen LogP contribution in [0.3, 0.4) is 0 Å². The fourth-order valence-electron chi connectivity index (χ4n) is 2.13. The van der Waals surface area contributed by atoms with Gasteiger partial charge in [-0.05, 0) is 46.6 Å². The van der Waals surface area contributed by atoms with E-state index in [1.807, 2.05) is 0 Å². The molecule has 0 aliphatic carbocycles. The minimum Gasteiger partial charge on any atom is -0.489 e. The molecule has 0 unspecified atom stereocenters. The molecule has 1 N–H and O–H groups in total. The lowest BCUT2D eigenvalue weighted by Gasteiger charge is -2.24. The first-order valence-corrected chi connectivity index (χ1v) is 7.82. The lowest BCUT2D eigenvalue weighted by Crippen LogP contribution is -2.26. The van der Waals surface area contributed by atoms with Crippen molar-refractivity contribution in [2.75, 3.05) is 19.8 Å². The van der Waals surface area contributed by atoms with Crippen LogP contribution < -0.4 is 10.1 Å². The highest BCUT2D eigenvalue weighted by Crippen LogP contribution is 2.28. The van der Waals surface area contributed by atoms with E-state index in [4.69, 9.17) is 9.47 Å². The van der Waals surface area contributed by atoms with E-state index in [0.29, 0.717) is 0 Å². The zero-order chi connectivity index (χ0) is 13.5. The van der Waals surface area contributed by atoms with Crippen molar-refractivity contribution < 1.29 is 9.47 Å². The third-order valence-electron chi connectivity index (χ3n) is 3.21. The molecule has 1 saturated heterocycles. The molecule has 1 aromatic rings. The number of rotatable bonds is 6. The zero-order valence-corrected chi connectivity index (χ0v) is 13.0. The van der Waals surface area contributed by atoms with Crippen molar-refractivity contribution in [1.29, 1.82) is 0 Å². The monoisotopic (exact) mass is 327 g/mol. The van der Waals surface area contributed by atoms with Gasteiger partial charge in [0.1, 0.15) is 11.9 Å². The number of ether oxygens (including phenoxy) is 2. The summed E-state index contributed by atoms with van der Waals surface area (Å²) in [5.74, 6) is 0.936. The third-order valence-corrected chi connectivity index (χ3v) is 3.83. The highest BCUT2D eigenvalue weighted by atomic mass is 79.9. The molecule has 0 spiro atoms. The van der Waals surface area contributed by atoms with Crippen LogP contribution in [-0.2, 0) is 11.3 Å². The van der Waals surface area contributed by atoms with Gasteiger partial charge in [0.25, 0.3) is 0 Å². The number of benzene rings is 1. The molecule has 0 atom stereocenters. The van der Waals surface area contributed by atoms with Gasteiger partial charge in [-0.2, -0.15) is 0 Å². The largest absolute Gasteiger partial charge is 0.489 e. The summed E-state index contributed by atoms with van der Waals surface area (Å²) in [5, 5.41) is 3.40. The molecule has 0 saturated carbocycles. The lowest BCUT2D eigenvalue weighted by molar-refractivity contribution is 0.0252. The van der Waals surface area contributed by atoms with Crippen molar-refractivity contribution in [3.05, 3.63) is 28.2 Å². The molecule has 0 bridgehead atoms. The average Bonchev–Trinajstić information content (AvgIpc) is 2.43. The van der Waals surface area contributed by atoms with Gasteiger partial charge in [-0.15, -0.1) is 0 Å². The molecular formula is C15H22BrNO2. The first-order valence-electron chi connectivity index (χ1n) is 7.03. The predicted octanol–water partition coefficient (Wildman–Crippen LogP) is 3.51. The molecule has 106 valence electrons. The van der Waals surface area contributed by atoms with Crippen LogP contribution in [0.2, 0.25) is 0 Å². The molecule has 0 radical (unpaired) electrons. The van der Waals surface area contributed by atoms with Crippen LogP contribution in [0, 0.1) is 0 Å². The number of halogens is 1. The maximum atomic E-state index is 6.02. The van der Waals surface area contributed by atoms with E-state index in [1.54, 1.807) is 0 Å². The highest BCUT2D eigenvalue weighted by Gasteiger charge is 2.16. The predicted molar refractivity (Wildman–Crippen MR) is 80.6 cm³/mol. The molecule has 1 aliphatic rings. The molecule has 19 heavy (non-hydrogen) atoms. The summed E-state index contributed by atoms with van der Waals surface area (Å²) in [6, 6.07) is 6.32. The quantitative estimate of drug-likeness (QED) is 0.811. The summed E-state index contributed by atoms with van der Waals surface area (Å²) >= 11 is 3.60. The molecule has 1 fully saturated rings. The molecule has 1 heterocycles. The summed E-state index contributed by atoms with van der Waals surface area (Å²) < 4.78 is 12.4. The van der Waals surface area contributed by atoms with Crippen molar-refractivity contribution in [1.82, 2.24) is 5.32 Å². The summed E-state index contributed by atoms with van der Waals surface area (Å²) in [5.41, 5.74) is 1.28. The van der Waals surface area contributed by atoms with Crippen molar-refractivity contribution >= 4 is 15.9 Å². The van der Waals surface area contributed by atoms with Crippen LogP contribution in [0.1, 0.15) is 31.7 Å². The van der Waals surface area contributed by atoms with Crippen molar-refractivity contribution in [2.45, 2.75) is 38.8 Å². The van der Waals surface area contributed by atoms with Gasteiger partial charge in [0, 0.05) is 19.4 Å². The van der Waals surface area contributed by atoms with Crippen molar-refractivity contribution in [3.63, 3.8) is 0 Å². The van der Waals surface area contributed by atoms with E-state index in [-0.39, 0.29) is 6.10 Å². The van der Waals surface area contributed by atoms with Gasteiger partial charge in [-0.1, -0.05) is 13.0 Å². The second kappa shape index (κ2) is 7.88. The number of nitrogens with one attached hydrogen (secondary N) is 1. The van der Waals surface area contributed by atoms with Crippen molar-refractivity contribution in [2.24, 2.45) is 0 Å². The Morgan fingerprint density at radius 3 is 2.84 bits per heavy atom. The Kier molecular flexibility index (Phi) is 6.14. The maximum Gasteiger partial charge on any atom is 0.133 e. The van der Waals surface area contributed by atoms with Gasteiger partial charge in [0.2, 0.25) is 0 Å². The Labute approximate surface area is 123 Å². The molecule has 0 aromatic heterocycles. The molecule has 1 aliphatic heterocycles. The van der Waals surface area contributed by atoms with Crippen LogP contribution in [0.15, 0.2) is 22.7 Å². The maximum absolute atomic E-state index is 6.02. The van der Waals surface area contributed by atoms with E-state index in [1.165, 1.54) is 5.56 Å². The van der Waals surface area contributed by atoms with Gasteiger partial charge in [0.15, 0.2) is 0 Å². The van der Waals surface area contributed by atoms with Gasteiger partial charge in [-0.3, -0.25) is 0 Å². The second-order valence-electron chi connectivity index (χ2n) is 4.87. The normalized spacial score (nSPS) is 16.5. The first-order chi connectivity index (χ1) is 9.29. The Bertz CT molecular complexity index is 392. The topological polar surface area (TPSA) is 30.5 Å². The fraction of sp³-hybridized carbons (Fsp3) is 0.600. The summed E-state index contributed by atoms with van der Waals surface area (Å²) in [6.45, 7) is 5.75. The van der Waals surface area contributed by atoms with Crippen molar-refractivity contribution in [3.8, 4) is 5.75 Å². The first kappa shape index (κ1) is 14.8. The SMILES string of the molecule is CCCNCc1ccc(OC2CCOCC2)c(Br)c1. The third kappa shape index (κ3) is 4.79. The summed E-state index contributed by atoms with van der Waals surface area (Å²) in [7, 11) is 0. The van der Waals surface area contributed by atoms with Crippen LogP contribution in [-0.4, -0.2) is 25.9 Å². The van der Waals surface area contributed by atoms with Gasteiger partial charge in [-0.25, -0.2) is 0 Å². The van der Waals surface area contributed by atoms with Gasteiger partial charge in [0.05, 0.1) is 17.7 Å². The lowest BCUT2D eigenvalue weighted by atomic mass is 10.1. The molecule has 0 amide bonds. The molecule has 1 aromatic carbocycles. The van der Waals surface area contributed by atoms with Crippen LogP contribution >= 0.6 is 15.9 Å². The summed E-state index contributed by atoms with van der Waals surface area (Å²) in [4.78, 5) is 0. The number of hydrogen-bond acceptors (Lipinski definition) is 3. The van der Waals surface area contributed by atoms with E-state index in [9.17, 15) is 0 Å². The van der Waals surface area contributed by atoms with E-state index in [2.05, 4.69) is 46.4 Å².